The van der Waals surface area contributed by atoms with Crippen LogP contribution < -0.4 is 22.6 Å². The van der Waals surface area contributed by atoms with Crippen LogP contribution in [0.15, 0.2) is 12.1 Å². The Hall–Kier alpha value is -0.0718. The molecule has 0 saturated carbocycles. The molecule has 2 radical (unpaired) electrons. The molecule has 0 aromatic heterocycles. The van der Waals surface area contributed by atoms with Crippen LogP contribution in [0, 0.1) is 0 Å². The largest absolute Gasteiger partial charge is 3.00 e. The van der Waals surface area contributed by atoms with Crippen LogP contribution in [0.4, 0.5) is 0 Å². The average molecular weight is 378 g/mol. The first-order valence-electron chi connectivity index (χ1n) is 5.56. The Balaban J connectivity index is 0. The molecule has 0 N–H and O–H groups in total. The van der Waals surface area contributed by atoms with Gasteiger partial charge in [0.2, 0.25) is 0 Å². The number of rotatable bonds is 0. The zero-order valence-corrected chi connectivity index (χ0v) is 15.1. The molecule has 0 spiro atoms. The van der Waals surface area contributed by atoms with Gasteiger partial charge < -0.3 is 22.6 Å². The van der Waals surface area contributed by atoms with Crippen molar-refractivity contribution >= 4 is 24.4 Å². The molecule has 0 atom stereocenters. The second-order valence-electron chi connectivity index (χ2n) is 6.35. The van der Waals surface area contributed by atoms with E-state index in [0.717, 1.165) is 5.56 Å². The first-order chi connectivity index (χ1) is 7.03. The summed E-state index contributed by atoms with van der Waals surface area (Å²) in [7, 11) is 0. The molecule has 0 unspecified atom stereocenters. The van der Waals surface area contributed by atoms with Crippen molar-refractivity contribution in [3.05, 3.63) is 23.3 Å². The van der Waals surface area contributed by atoms with Crippen LogP contribution in [0.3, 0.4) is 0 Å². The molecule has 1 aromatic carbocycles. The number of halogens is 1. The quantitative estimate of drug-likeness (QED) is 0.548. The van der Waals surface area contributed by atoms with Gasteiger partial charge in [0.25, 0.3) is 0 Å². The van der Waals surface area contributed by atoms with Crippen LogP contribution in [0.25, 0.3) is 0 Å². The Bertz CT molecular complexity index is 403. The van der Waals surface area contributed by atoms with E-state index >= 15 is 0 Å². The Labute approximate surface area is 134 Å². The van der Waals surface area contributed by atoms with Crippen molar-refractivity contribution < 1.29 is 22.6 Å². The average Bonchev–Trinajstić information content (AvgIpc) is 2.05. The zero-order chi connectivity index (χ0) is 12.7. The van der Waals surface area contributed by atoms with Gasteiger partial charge in [0.05, 0.1) is 0 Å². The van der Waals surface area contributed by atoms with Crippen LogP contribution in [-0.2, 0) is 10.8 Å². The molecule has 100 valence electrons. The Morgan fingerprint density at radius 2 is 1.28 bits per heavy atom. The number of hydrogen-bond donors (Lipinski definition) is 0. The van der Waals surface area contributed by atoms with Crippen LogP contribution in [0.1, 0.15) is 52.7 Å². The predicted octanol–water partition coefficient (Wildman–Crippen LogP) is -0.948. The fourth-order valence-corrected chi connectivity index (χ4v) is 1.59. The fraction of sp³-hybridized carbons (Fsp3) is 0.571. The van der Waals surface area contributed by atoms with Crippen LogP contribution in [-0.4, -0.2) is 24.4 Å². The smallest absolute Gasteiger partial charge is 1.00 e. The molecule has 18 heavy (non-hydrogen) atoms. The van der Waals surface area contributed by atoms with Crippen molar-refractivity contribution in [1.29, 1.82) is 0 Å². The molecule has 0 heterocycles. The molecule has 0 amide bonds. The van der Waals surface area contributed by atoms with Crippen molar-refractivity contribution in [2.24, 2.45) is 0 Å². The minimum absolute atomic E-state index is 0. The van der Waals surface area contributed by atoms with Crippen molar-refractivity contribution in [3.8, 4) is 11.5 Å². The van der Waals surface area contributed by atoms with Gasteiger partial charge in [-0.2, -0.15) is 0 Å². The maximum atomic E-state index is 11.8. The molecule has 1 aromatic rings. The summed E-state index contributed by atoms with van der Waals surface area (Å²) in [6, 6.07) is 3.35. The Morgan fingerprint density at radius 3 is 1.61 bits per heavy atom. The molecular weight excluding hydrogens is 357 g/mol. The third kappa shape index (κ3) is 4.55. The summed E-state index contributed by atoms with van der Waals surface area (Å²) in [6.07, 6.45) is 0. The van der Waals surface area contributed by atoms with E-state index in [0.29, 0.717) is 5.56 Å². The van der Waals surface area contributed by atoms with Gasteiger partial charge in [-0.3, -0.25) is 0 Å². The van der Waals surface area contributed by atoms with Crippen molar-refractivity contribution in [2.75, 3.05) is 0 Å². The van der Waals surface area contributed by atoms with Crippen molar-refractivity contribution in [2.45, 2.75) is 52.4 Å². The number of benzene rings is 1. The summed E-state index contributed by atoms with van der Waals surface area (Å²) >= 11 is 0. The third-order valence-electron chi connectivity index (χ3n) is 2.73. The van der Waals surface area contributed by atoms with Crippen LogP contribution in [0.2, 0.25) is 0 Å². The SMILES string of the molecule is CC(C)(C)c1cc([O-])c([O-])c(C(C)(C)C)c1.[Cl-].[Sb+3]. The van der Waals surface area contributed by atoms with Gasteiger partial charge in [-0.15, -0.1) is 11.5 Å². The molecule has 0 fully saturated rings. The van der Waals surface area contributed by atoms with E-state index in [2.05, 4.69) is 0 Å². The van der Waals surface area contributed by atoms with Gasteiger partial charge in [-0.25, -0.2) is 0 Å². The van der Waals surface area contributed by atoms with E-state index in [-0.39, 0.29) is 53.4 Å². The molecule has 1 rings (SSSR count). The molecule has 0 saturated heterocycles. The monoisotopic (exact) mass is 376 g/mol. The van der Waals surface area contributed by atoms with Gasteiger partial charge in [-0.05, 0) is 16.4 Å². The summed E-state index contributed by atoms with van der Waals surface area (Å²) in [4.78, 5) is 0. The van der Waals surface area contributed by atoms with Crippen molar-refractivity contribution in [3.63, 3.8) is 0 Å². The Morgan fingerprint density at radius 1 is 0.833 bits per heavy atom. The van der Waals surface area contributed by atoms with E-state index in [4.69, 9.17) is 0 Å². The minimum atomic E-state index is -0.391. The maximum absolute atomic E-state index is 11.8. The minimum Gasteiger partial charge on any atom is -1.00 e. The summed E-state index contributed by atoms with van der Waals surface area (Å²) in [6.45, 7) is 12.0. The van der Waals surface area contributed by atoms with E-state index in [1.54, 1.807) is 0 Å². The van der Waals surface area contributed by atoms with Gasteiger partial charge in [0, 0.05) is 0 Å². The maximum Gasteiger partial charge on any atom is 3.00 e. The summed E-state index contributed by atoms with van der Waals surface area (Å²) in [5.41, 5.74) is 1.16. The van der Waals surface area contributed by atoms with E-state index < -0.39 is 5.75 Å². The predicted molar refractivity (Wildman–Crippen MR) is 68.5 cm³/mol. The van der Waals surface area contributed by atoms with Gasteiger partial charge in [-0.1, -0.05) is 59.2 Å². The molecule has 0 bridgehead atoms. The van der Waals surface area contributed by atoms with E-state index in [1.165, 1.54) is 6.07 Å². The zero-order valence-electron chi connectivity index (χ0n) is 11.8. The molecule has 0 aliphatic carbocycles. The topological polar surface area (TPSA) is 46.1 Å². The van der Waals surface area contributed by atoms with Gasteiger partial charge in [0.15, 0.2) is 0 Å². The first-order valence-corrected chi connectivity index (χ1v) is 5.56. The summed E-state index contributed by atoms with van der Waals surface area (Å²) < 4.78 is 0. The third-order valence-corrected chi connectivity index (χ3v) is 2.73. The number of hydrogen-bond acceptors (Lipinski definition) is 2. The fourth-order valence-electron chi connectivity index (χ4n) is 1.59. The molecule has 0 aliphatic rings. The first kappa shape index (κ1) is 20.2. The van der Waals surface area contributed by atoms with E-state index in [1.807, 2.05) is 47.6 Å². The van der Waals surface area contributed by atoms with Crippen molar-refractivity contribution in [1.82, 2.24) is 0 Å². The Kier molecular flexibility index (Phi) is 7.19. The van der Waals surface area contributed by atoms with Gasteiger partial charge in [0.1, 0.15) is 0 Å². The second kappa shape index (κ2) is 6.39. The summed E-state index contributed by atoms with van der Waals surface area (Å²) in [5, 5.41) is 23.4. The molecule has 2 nitrogen and oxygen atoms in total. The molecular formula is C14H20ClO2Sb. The normalized spacial score (nSPS) is 11.4. The summed E-state index contributed by atoms with van der Waals surface area (Å²) in [5.74, 6) is -0.752. The van der Waals surface area contributed by atoms with Crippen LogP contribution >= 0.6 is 0 Å². The molecule has 4 heteroatoms. The van der Waals surface area contributed by atoms with Crippen LogP contribution in [0.5, 0.6) is 11.5 Å². The standard InChI is InChI=1S/C14H22O2.ClH.Sb/c1-13(2,3)9-7-10(14(4,5)6)12(16)11(15)8-9;;/h7-8,15-16H,1-6H3;1H;/q;;+3/p-3. The second-order valence-corrected chi connectivity index (χ2v) is 6.35. The van der Waals surface area contributed by atoms with E-state index in [9.17, 15) is 10.2 Å². The molecule has 0 aliphatic heterocycles. The van der Waals surface area contributed by atoms with Gasteiger partial charge >= 0.3 is 24.4 Å².